The molecule has 0 bridgehead atoms. The second-order valence-corrected chi connectivity index (χ2v) is 8.46. The Balaban J connectivity index is 4.06. The number of rotatable bonds is 15. The van der Waals surface area contributed by atoms with Crippen molar-refractivity contribution >= 4 is 11.1 Å². The molecule has 144 valence electrons. The van der Waals surface area contributed by atoms with Gasteiger partial charge in [0.15, 0.2) is 0 Å². The molecule has 5 unspecified atom stereocenters. The molecule has 0 saturated heterocycles. The Hall–Kier alpha value is -0.490. The van der Waals surface area contributed by atoms with Crippen LogP contribution in [0.1, 0.15) is 91.9 Å². The first kappa shape index (κ1) is 23.5. The van der Waals surface area contributed by atoms with Crippen molar-refractivity contribution in [3.05, 3.63) is 10.1 Å². The minimum absolute atomic E-state index is 0.0921. The molecule has 0 radical (unpaired) electrons. The van der Waals surface area contributed by atoms with Gasteiger partial charge in [-0.25, -0.2) is 0 Å². The van der Waals surface area contributed by atoms with Gasteiger partial charge in [0.05, 0.1) is 0 Å². The fraction of sp³-hybridized carbons (Fsp3) is 1.00. The van der Waals surface area contributed by atoms with E-state index in [0.29, 0.717) is 0 Å². The van der Waals surface area contributed by atoms with Gasteiger partial charge in [-0.2, -0.15) is 0 Å². The Bertz CT molecular complexity index is 365. The fourth-order valence-electron chi connectivity index (χ4n) is 3.32. The van der Waals surface area contributed by atoms with Crippen LogP contribution in [0.4, 0.5) is 0 Å². The van der Waals surface area contributed by atoms with Gasteiger partial charge in [-0.15, -0.1) is 0 Å². The minimum Gasteiger partial charge on any atom is -0.772 e. The molecule has 0 heterocycles. The number of hydrogen-bond donors (Lipinski definition) is 0. The van der Waals surface area contributed by atoms with Gasteiger partial charge in [0, 0.05) is 22.0 Å². The zero-order valence-electron chi connectivity index (χ0n) is 15.9. The monoisotopic (exact) mass is 362 g/mol. The standard InChI is InChI=1S/C18H37NO4S/c1-5-6-7-8-9-10-11-12-13-14-15(2)18(19(20)21)16(3)17(4)24(22)23/h15-18H,5-14H2,1-4H3,(H,22,23)/p-1. The van der Waals surface area contributed by atoms with E-state index in [2.05, 4.69) is 6.92 Å². The third-order valence-electron chi connectivity index (χ3n) is 5.17. The summed E-state index contributed by atoms with van der Waals surface area (Å²) in [5.74, 6) is -0.558. The average Bonchev–Trinajstić information content (AvgIpc) is 2.52. The van der Waals surface area contributed by atoms with Crippen LogP contribution in [0, 0.1) is 22.0 Å². The predicted octanol–water partition coefficient (Wildman–Crippen LogP) is 5.09. The molecule has 0 N–H and O–H groups in total. The van der Waals surface area contributed by atoms with E-state index in [0.717, 1.165) is 19.3 Å². The van der Waals surface area contributed by atoms with Gasteiger partial charge in [0.1, 0.15) is 0 Å². The van der Waals surface area contributed by atoms with Gasteiger partial charge in [0.2, 0.25) is 6.04 Å². The van der Waals surface area contributed by atoms with E-state index >= 15 is 0 Å². The average molecular weight is 363 g/mol. The summed E-state index contributed by atoms with van der Waals surface area (Å²) in [6, 6.07) is -0.785. The smallest absolute Gasteiger partial charge is 0.219 e. The zero-order chi connectivity index (χ0) is 18.5. The summed E-state index contributed by atoms with van der Waals surface area (Å²) >= 11 is -2.26. The molecule has 0 fully saturated rings. The minimum atomic E-state index is -2.26. The van der Waals surface area contributed by atoms with Gasteiger partial charge in [-0.05, 0) is 6.42 Å². The maximum Gasteiger partial charge on any atom is 0.219 e. The van der Waals surface area contributed by atoms with Crippen molar-refractivity contribution in [1.82, 2.24) is 0 Å². The van der Waals surface area contributed by atoms with Crippen molar-refractivity contribution < 1.29 is 13.7 Å². The molecule has 0 aromatic heterocycles. The molecule has 6 heteroatoms. The van der Waals surface area contributed by atoms with E-state index in [-0.39, 0.29) is 10.8 Å². The zero-order valence-corrected chi connectivity index (χ0v) is 16.7. The molecule has 0 amide bonds. The third-order valence-corrected chi connectivity index (χ3v) is 6.21. The van der Waals surface area contributed by atoms with Crippen LogP contribution in [0.15, 0.2) is 0 Å². The summed E-state index contributed by atoms with van der Waals surface area (Å²) < 4.78 is 22.2. The van der Waals surface area contributed by atoms with Crippen LogP contribution in [0.5, 0.6) is 0 Å². The maximum atomic E-state index is 11.4. The van der Waals surface area contributed by atoms with Crippen LogP contribution < -0.4 is 0 Å². The van der Waals surface area contributed by atoms with Crippen LogP contribution >= 0.6 is 0 Å². The normalized spacial score (nSPS) is 17.9. The molecule has 0 aliphatic heterocycles. The van der Waals surface area contributed by atoms with Crippen LogP contribution in [-0.4, -0.2) is 25.0 Å². The van der Waals surface area contributed by atoms with E-state index in [1.807, 2.05) is 6.92 Å². The largest absolute Gasteiger partial charge is 0.772 e. The quantitative estimate of drug-likeness (QED) is 0.176. The fourth-order valence-corrected chi connectivity index (χ4v) is 3.83. The summed E-state index contributed by atoms with van der Waals surface area (Å²) in [5, 5.41) is 10.7. The van der Waals surface area contributed by atoms with Crippen molar-refractivity contribution in [1.29, 1.82) is 0 Å². The first-order valence-corrected chi connectivity index (χ1v) is 10.7. The van der Waals surface area contributed by atoms with Crippen LogP contribution in [0.2, 0.25) is 0 Å². The van der Waals surface area contributed by atoms with Crippen molar-refractivity contribution in [2.24, 2.45) is 11.8 Å². The van der Waals surface area contributed by atoms with Gasteiger partial charge in [-0.3, -0.25) is 14.3 Å². The summed E-state index contributed by atoms with van der Waals surface area (Å²) in [7, 11) is 0. The lowest BCUT2D eigenvalue weighted by Crippen LogP contribution is -2.40. The highest BCUT2D eigenvalue weighted by Gasteiger charge is 2.36. The number of nitrogens with zero attached hydrogens (tertiary/aromatic N) is 1. The van der Waals surface area contributed by atoms with Crippen molar-refractivity contribution in [3.63, 3.8) is 0 Å². The molecule has 0 aliphatic rings. The van der Waals surface area contributed by atoms with Crippen LogP contribution in [0.3, 0.4) is 0 Å². The Morgan fingerprint density at radius 1 is 0.917 bits per heavy atom. The van der Waals surface area contributed by atoms with E-state index in [4.69, 9.17) is 0 Å². The van der Waals surface area contributed by atoms with Crippen molar-refractivity contribution in [3.8, 4) is 0 Å². The molecule has 0 aromatic rings. The van der Waals surface area contributed by atoms with Gasteiger partial charge >= 0.3 is 0 Å². The number of nitro groups is 1. The van der Waals surface area contributed by atoms with Crippen molar-refractivity contribution in [2.45, 2.75) is 103 Å². The third kappa shape index (κ3) is 9.72. The number of hydrogen-bond acceptors (Lipinski definition) is 4. The predicted molar refractivity (Wildman–Crippen MR) is 99.3 cm³/mol. The summed E-state index contributed by atoms with van der Waals surface area (Å²) in [5.41, 5.74) is 0. The Morgan fingerprint density at radius 2 is 1.38 bits per heavy atom. The van der Waals surface area contributed by atoms with E-state index in [1.165, 1.54) is 44.9 Å². The molecule has 0 spiro atoms. The maximum absolute atomic E-state index is 11.4. The molecule has 0 aliphatic carbocycles. The summed E-state index contributed by atoms with van der Waals surface area (Å²) in [4.78, 5) is 11.1. The summed E-state index contributed by atoms with van der Waals surface area (Å²) in [6.07, 6.45) is 11.9. The molecule has 0 saturated carbocycles. The molecule has 0 rings (SSSR count). The molecule has 5 nitrogen and oxygen atoms in total. The SMILES string of the molecule is CCCCCCCCCCCC(C)C(C(C)C(C)S(=O)[O-])[N+](=O)[O-]. The van der Waals surface area contributed by atoms with Crippen molar-refractivity contribution in [2.75, 3.05) is 0 Å². The first-order chi connectivity index (χ1) is 11.3. The molecule has 0 aromatic carbocycles. The molecular weight excluding hydrogens is 326 g/mol. The van der Waals surface area contributed by atoms with E-state index in [1.54, 1.807) is 13.8 Å². The molecular formula is C18H36NO4S-. The lowest BCUT2D eigenvalue weighted by molar-refractivity contribution is -0.540. The lowest BCUT2D eigenvalue weighted by Gasteiger charge is -2.28. The van der Waals surface area contributed by atoms with Crippen LogP contribution in [-0.2, 0) is 11.1 Å². The molecule has 24 heavy (non-hydrogen) atoms. The lowest BCUT2D eigenvalue weighted by atomic mass is 9.86. The molecule has 5 atom stereocenters. The Kier molecular flexibility index (Phi) is 13.5. The van der Waals surface area contributed by atoms with E-state index in [9.17, 15) is 18.9 Å². The first-order valence-electron chi connectivity index (χ1n) is 9.54. The highest BCUT2D eigenvalue weighted by Crippen LogP contribution is 2.26. The van der Waals surface area contributed by atoms with Gasteiger partial charge < -0.3 is 4.55 Å². The van der Waals surface area contributed by atoms with Gasteiger partial charge in [0.25, 0.3) is 0 Å². The highest BCUT2D eigenvalue weighted by atomic mass is 32.2. The van der Waals surface area contributed by atoms with E-state index < -0.39 is 28.3 Å². The Morgan fingerprint density at radius 3 is 1.79 bits per heavy atom. The highest BCUT2D eigenvalue weighted by molar-refractivity contribution is 7.79. The second kappa shape index (κ2) is 13.8. The van der Waals surface area contributed by atoms with Crippen LogP contribution in [0.25, 0.3) is 0 Å². The summed E-state index contributed by atoms with van der Waals surface area (Å²) in [6.45, 7) is 7.33. The number of unbranched alkanes of at least 4 members (excludes halogenated alkanes) is 8. The second-order valence-electron chi connectivity index (χ2n) is 7.20. The van der Waals surface area contributed by atoms with Gasteiger partial charge in [-0.1, -0.05) is 96.6 Å². The topological polar surface area (TPSA) is 83.3 Å². The Labute approximate surface area is 150 Å².